The fraction of sp³-hybridized carbons (Fsp3) is 0.0800. The van der Waals surface area contributed by atoms with E-state index in [0.29, 0.717) is 22.5 Å². The number of rotatable bonds is 5. The van der Waals surface area contributed by atoms with Crippen LogP contribution in [0.25, 0.3) is 27.5 Å². The second-order valence-electron chi connectivity index (χ2n) is 7.67. The molecule has 2 aromatic heterocycles. The molecular weight excluding hydrogens is 418 g/mol. The number of carbonyl (C=O) groups is 2. The number of amides is 1. The van der Waals surface area contributed by atoms with Gasteiger partial charge in [-0.2, -0.15) is 10.2 Å². The quantitative estimate of drug-likeness (QED) is 0.424. The molecule has 5 rings (SSSR count). The van der Waals surface area contributed by atoms with E-state index in [9.17, 15) is 14.4 Å². The van der Waals surface area contributed by atoms with Crippen LogP contribution >= 0.6 is 0 Å². The topological polar surface area (TPSA) is 98.4 Å². The van der Waals surface area contributed by atoms with Crippen LogP contribution in [-0.4, -0.2) is 31.1 Å². The first-order valence-electron chi connectivity index (χ1n) is 10.3. The van der Waals surface area contributed by atoms with Gasteiger partial charge in [-0.1, -0.05) is 54.6 Å². The van der Waals surface area contributed by atoms with E-state index in [2.05, 4.69) is 15.5 Å². The smallest absolute Gasteiger partial charge is 0.293 e. The Hall–Kier alpha value is -4.59. The number of hydrogen-bond acceptors (Lipinski definition) is 5. The van der Waals surface area contributed by atoms with E-state index >= 15 is 0 Å². The summed E-state index contributed by atoms with van der Waals surface area (Å²) in [5.41, 5.74) is 2.41. The first-order chi connectivity index (χ1) is 16.0. The number of carbonyl (C=O) groups excluding carboxylic acids is 2. The van der Waals surface area contributed by atoms with Crippen LogP contribution in [0.2, 0.25) is 0 Å². The normalized spacial score (nSPS) is 11.1. The van der Waals surface area contributed by atoms with Crippen molar-refractivity contribution < 1.29 is 9.59 Å². The zero-order valence-corrected chi connectivity index (χ0v) is 17.7. The number of aromatic nitrogens is 4. The van der Waals surface area contributed by atoms with Gasteiger partial charge in [0.15, 0.2) is 5.78 Å². The molecule has 3 aromatic carbocycles. The molecule has 5 aromatic rings. The molecule has 0 saturated carbocycles. The minimum absolute atomic E-state index is 0.0998. The molecule has 1 N–H and O–H groups in total. The Kier molecular flexibility index (Phi) is 5.02. The maximum Gasteiger partial charge on any atom is 0.293 e. The fourth-order valence-electron chi connectivity index (χ4n) is 3.78. The molecule has 0 spiro atoms. The SMILES string of the molecule is CC(=O)c1cccc(NC(=O)Cn2ncn3nc(-c4cccc5ccccc45)cc3c2=O)c1. The number of fused-ring (bicyclic) bond motifs is 2. The van der Waals surface area contributed by atoms with Crippen LogP contribution < -0.4 is 10.9 Å². The molecule has 0 aliphatic rings. The number of ketones is 1. The van der Waals surface area contributed by atoms with Crippen LogP contribution in [0.5, 0.6) is 0 Å². The highest BCUT2D eigenvalue weighted by Crippen LogP contribution is 2.27. The van der Waals surface area contributed by atoms with Gasteiger partial charge in [-0.15, -0.1) is 0 Å². The summed E-state index contributed by atoms with van der Waals surface area (Å²) in [7, 11) is 0. The van der Waals surface area contributed by atoms with Gasteiger partial charge in [0.25, 0.3) is 5.56 Å². The first kappa shape index (κ1) is 20.3. The summed E-state index contributed by atoms with van der Waals surface area (Å²) in [6.07, 6.45) is 1.41. The zero-order valence-electron chi connectivity index (χ0n) is 17.7. The summed E-state index contributed by atoms with van der Waals surface area (Å²) in [4.78, 5) is 37.0. The Bertz CT molecular complexity index is 1590. The first-order valence-corrected chi connectivity index (χ1v) is 10.3. The van der Waals surface area contributed by atoms with Gasteiger partial charge in [-0.3, -0.25) is 14.4 Å². The van der Waals surface area contributed by atoms with E-state index in [4.69, 9.17) is 0 Å². The Labute approximate surface area is 188 Å². The van der Waals surface area contributed by atoms with Gasteiger partial charge in [-0.25, -0.2) is 9.20 Å². The van der Waals surface area contributed by atoms with Gasteiger partial charge in [-0.05, 0) is 35.9 Å². The Morgan fingerprint density at radius 2 is 1.76 bits per heavy atom. The average Bonchev–Trinajstić information content (AvgIpc) is 3.26. The summed E-state index contributed by atoms with van der Waals surface area (Å²) in [6.45, 7) is 1.19. The minimum Gasteiger partial charge on any atom is -0.324 e. The molecule has 1 amide bonds. The van der Waals surface area contributed by atoms with Crippen molar-refractivity contribution in [1.29, 1.82) is 0 Å². The van der Waals surface area contributed by atoms with Crippen molar-refractivity contribution >= 4 is 33.7 Å². The standard InChI is InChI=1S/C25H19N5O3/c1-16(31)18-8-4-9-19(12-18)27-24(32)14-29-25(33)23-13-22(28-30(23)15-26-29)21-11-5-7-17-6-2-3-10-20(17)21/h2-13,15H,14H2,1H3,(H,27,32). The molecule has 0 atom stereocenters. The van der Waals surface area contributed by atoms with Crippen molar-refractivity contribution in [3.05, 3.63) is 95.0 Å². The molecule has 0 unspecified atom stereocenters. The van der Waals surface area contributed by atoms with E-state index in [1.807, 2.05) is 42.5 Å². The molecule has 33 heavy (non-hydrogen) atoms. The summed E-state index contributed by atoms with van der Waals surface area (Å²) in [6, 6.07) is 22.2. The molecule has 0 bridgehead atoms. The summed E-state index contributed by atoms with van der Waals surface area (Å²) < 4.78 is 2.51. The van der Waals surface area contributed by atoms with Crippen molar-refractivity contribution in [1.82, 2.24) is 19.4 Å². The lowest BCUT2D eigenvalue weighted by atomic mass is 10.0. The van der Waals surface area contributed by atoms with E-state index in [-0.39, 0.29) is 12.3 Å². The number of nitrogens with zero attached hydrogens (tertiary/aromatic N) is 4. The highest BCUT2D eigenvalue weighted by atomic mass is 16.2. The summed E-state index contributed by atoms with van der Waals surface area (Å²) >= 11 is 0. The molecule has 0 aliphatic heterocycles. The number of anilines is 1. The van der Waals surface area contributed by atoms with Crippen LogP contribution in [0.1, 0.15) is 17.3 Å². The number of hydrogen-bond donors (Lipinski definition) is 1. The molecule has 0 aliphatic carbocycles. The van der Waals surface area contributed by atoms with Gasteiger partial charge in [0.05, 0.1) is 5.69 Å². The highest BCUT2D eigenvalue weighted by molar-refractivity contribution is 5.97. The van der Waals surface area contributed by atoms with Crippen LogP contribution in [0, 0.1) is 0 Å². The molecular formula is C25H19N5O3. The maximum absolute atomic E-state index is 13.0. The Morgan fingerprint density at radius 1 is 0.970 bits per heavy atom. The third-order valence-electron chi connectivity index (χ3n) is 5.40. The summed E-state index contributed by atoms with van der Waals surface area (Å²) in [5, 5.41) is 13.4. The van der Waals surface area contributed by atoms with Crippen molar-refractivity contribution in [3.8, 4) is 11.3 Å². The van der Waals surface area contributed by atoms with Crippen molar-refractivity contribution in [2.24, 2.45) is 0 Å². The monoisotopic (exact) mass is 437 g/mol. The van der Waals surface area contributed by atoms with E-state index in [0.717, 1.165) is 21.0 Å². The third-order valence-corrected chi connectivity index (χ3v) is 5.40. The van der Waals surface area contributed by atoms with Crippen molar-refractivity contribution in [2.75, 3.05) is 5.32 Å². The highest BCUT2D eigenvalue weighted by Gasteiger charge is 2.14. The summed E-state index contributed by atoms with van der Waals surface area (Å²) in [5.74, 6) is -0.527. The average molecular weight is 437 g/mol. The molecule has 162 valence electrons. The number of nitrogens with one attached hydrogen (secondary N) is 1. The molecule has 8 nitrogen and oxygen atoms in total. The number of Topliss-reactive ketones (excluding diaryl/α,β-unsaturated/α-hetero) is 1. The van der Waals surface area contributed by atoms with Gasteiger partial charge in [0.1, 0.15) is 18.4 Å². The van der Waals surface area contributed by atoms with Crippen molar-refractivity contribution in [3.63, 3.8) is 0 Å². The van der Waals surface area contributed by atoms with E-state index in [1.54, 1.807) is 30.3 Å². The van der Waals surface area contributed by atoms with Crippen LogP contribution in [-0.2, 0) is 11.3 Å². The van der Waals surface area contributed by atoms with E-state index in [1.165, 1.54) is 17.8 Å². The molecule has 0 saturated heterocycles. The second-order valence-corrected chi connectivity index (χ2v) is 7.67. The lowest BCUT2D eigenvalue weighted by Crippen LogP contribution is -2.30. The Morgan fingerprint density at radius 3 is 2.61 bits per heavy atom. The van der Waals surface area contributed by atoms with E-state index < -0.39 is 11.5 Å². The van der Waals surface area contributed by atoms with Gasteiger partial charge >= 0.3 is 0 Å². The number of benzene rings is 3. The minimum atomic E-state index is -0.427. The Balaban J connectivity index is 1.44. The van der Waals surface area contributed by atoms with Crippen molar-refractivity contribution in [2.45, 2.75) is 13.5 Å². The predicted molar refractivity (Wildman–Crippen MR) is 125 cm³/mol. The third kappa shape index (κ3) is 3.89. The lowest BCUT2D eigenvalue weighted by molar-refractivity contribution is -0.117. The molecule has 0 fully saturated rings. The molecule has 2 heterocycles. The van der Waals surface area contributed by atoms with Gasteiger partial charge < -0.3 is 5.32 Å². The zero-order chi connectivity index (χ0) is 22.9. The van der Waals surface area contributed by atoms with Gasteiger partial charge in [0.2, 0.25) is 5.91 Å². The fourth-order valence-corrected chi connectivity index (χ4v) is 3.78. The largest absolute Gasteiger partial charge is 0.324 e. The molecule has 8 heteroatoms. The predicted octanol–water partition coefficient (Wildman–Crippen LogP) is 3.55. The van der Waals surface area contributed by atoms with Crippen LogP contribution in [0.4, 0.5) is 5.69 Å². The van der Waals surface area contributed by atoms with Crippen LogP contribution in [0.3, 0.4) is 0 Å². The maximum atomic E-state index is 13.0. The van der Waals surface area contributed by atoms with Gasteiger partial charge in [0, 0.05) is 16.8 Å². The molecule has 0 radical (unpaired) electrons. The second kappa shape index (κ2) is 8.16. The van der Waals surface area contributed by atoms with Crippen LogP contribution in [0.15, 0.2) is 83.9 Å². The lowest BCUT2D eigenvalue weighted by Gasteiger charge is -2.07.